The lowest BCUT2D eigenvalue weighted by Crippen LogP contribution is -2.44. The zero-order chi connectivity index (χ0) is 14.8. The van der Waals surface area contributed by atoms with Crippen molar-refractivity contribution in [2.75, 3.05) is 11.3 Å². The number of rotatable bonds is 4. The van der Waals surface area contributed by atoms with Gasteiger partial charge in [-0.1, -0.05) is 6.42 Å². The van der Waals surface area contributed by atoms with Crippen molar-refractivity contribution in [2.24, 2.45) is 0 Å². The lowest BCUT2D eigenvalue weighted by Gasteiger charge is -2.32. The lowest BCUT2D eigenvalue weighted by molar-refractivity contribution is 0.0696. The molecule has 0 saturated carbocycles. The largest absolute Gasteiger partial charge is 0.478 e. The zero-order valence-corrected chi connectivity index (χ0v) is 11.9. The van der Waals surface area contributed by atoms with E-state index in [4.69, 9.17) is 5.11 Å². The van der Waals surface area contributed by atoms with E-state index in [9.17, 15) is 13.2 Å². The number of hydrogen-bond donors (Lipinski definition) is 2. The minimum atomic E-state index is -3.65. The van der Waals surface area contributed by atoms with Gasteiger partial charge in [0.2, 0.25) is 0 Å². The lowest BCUT2D eigenvalue weighted by atomic mass is 10.1. The summed E-state index contributed by atoms with van der Waals surface area (Å²) in [5.74, 6) is -0.982. The summed E-state index contributed by atoms with van der Waals surface area (Å²) in [6.45, 7) is 2.36. The zero-order valence-electron chi connectivity index (χ0n) is 11.1. The van der Waals surface area contributed by atoms with Gasteiger partial charge < -0.3 is 5.11 Å². The van der Waals surface area contributed by atoms with Gasteiger partial charge in [0.15, 0.2) is 0 Å². The van der Waals surface area contributed by atoms with Crippen LogP contribution in [0.25, 0.3) is 0 Å². The average Bonchev–Trinajstić information content (AvgIpc) is 2.39. The van der Waals surface area contributed by atoms with Gasteiger partial charge >= 0.3 is 16.2 Å². The molecule has 1 aliphatic rings. The van der Waals surface area contributed by atoms with Crippen molar-refractivity contribution >= 4 is 22.0 Å². The smallest absolute Gasteiger partial charge is 0.337 e. The predicted octanol–water partition coefficient (Wildman–Crippen LogP) is 1.31. The van der Waals surface area contributed by atoms with Gasteiger partial charge in [-0.25, -0.2) is 9.78 Å². The van der Waals surface area contributed by atoms with E-state index in [0.29, 0.717) is 6.54 Å². The monoisotopic (exact) mass is 299 g/mol. The van der Waals surface area contributed by atoms with Crippen LogP contribution in [0.5, 0.6) is 0 Å². The molecule has 20 heavy (non-hydrogen) atoms. The molecule has 0 aliphatic carbocycles. The number of carboxylic acids is 1. The second kappa shape index (κ2) is 5.76. The molecule has 1 aromatic heterocycles. The van der Waals surface area contributed by atoms with Crippen molar-refractivity contribution in [1.29, 1.82) is 0 Å². The Kier molecular flexibility index (Phi) is 4.24. The molecule has 110 valence electrons. The molecule has 0 amide bonds. The molecule has 1 unspecified atom stereocenters. The second-order valence-electron chi connectivity index (χ2n) is 4.80. The standard InChI is InChI=1S/C12H17N3O4S/c1-9-4-2-3-7-15(9)20(18,19)14-11-6-5-10(8-13-11)12(16)17/h5-6,8-9H,2-4,7H2,1H3,(H,13,14)(H,16,17). The molecule has 1 fully saturated rings. The van der Waals surface area contributed by atoms with Crippen LogP contribution < -0.4 is 4.72 Å². The van der Waals surface area contributed by atoms with Crippen molar-refractivity contribution in [3.8, 4) is 0 Å². The molecular formula is C12H17N3O4S. The molecule has 0 bridgehead atoms. The number of hydrogen-bond acceptors (Lipinski definition) is 4. The number of pyridine rings is 1. The summed E-state index contributed by atoms with van der Waals surface area (Å²) in [5, 5.41) is 8.76. The third-order valence-electron chi connectivity index (χ3n) is 3.29. The highest BCUT2D eigenvalue weighted by Gasteiger charge is 2.29. The van der Waals surface area contributed by atoms with Crippen LogP contribution in [0.4, 0.5) is 5.82 Å². The molecule has 7 nitrogen and oxygen atoms in total. The maximum Gasteiger partial charge on any atom is 0.337 e. The van der Waals surface area contributed by atoms with Crippen molar-refractivity contribution in [1.82, 2.24) is 9.29 Å². The van der Waals surface area contributed by atoms with Crippen molar-refractivity contribution in [3.63, 3.8) is 0 Å². The molecule has 0 radical (unpaired) electrons. The molecule has 1 aliphatic heterocycles. The molecule has 2 heterocycles. The molecule has 0 spiro atoms. The van der Waals surface area contributed by atoms with Gasteiger partial charge in [-0.3, -0.25) is 4.72 Å². The quantitative estimate of drug-likeness (QED) is 0.873. The van der Waals surface area contributed by atoms with Gasteiger partial charge in [-0.2, -0.15) is 12.7 Å². The summed E-state index contributed by atoms with van der Waals surface area (Å²) < 4.78 is 28.3. The van der Waals surface area contributed by atoms with E-state index in [1.165, 1.54) is 16.4 Å². The molecule has 8 heteroatoms. The van der Waals surface area contributed by atoms with Crippen LogP contribution in [0, 0.1) is 0 Å². The van der Waals surface area contributed by atoms with Crippen LogP contribution in [-0.2, 0) is 10.2 Å². The number of piperidine rings is 1. The minimum Gasteiger partial charge on any atom is -0.478 e. The molecule has 2 rings (SSSR count). The van der Waals surface area contributed by atoms with Crippen LogP contribution in [-0.4, -0.2) is 41.4 Å². The van der Waals surface area contributed by atoms with E-state index >= 15 is 0 Å². The van der Waals surface area contributed by atoms with Crippen LogP contribution >= 0.6 is 0 Å². The normalized spacial score (nSPS) is 20.6. The van der Waals surface area contributed by atoms with Crippen LogP contribution in [0.15, 0.2) is 18.3 Å². The third kappa shape index (κ3) is 3.26. The molecule has 1 saturated heterocycles. The number of carbonyl (C=O) groups is 1. The van der Waals surface area contributed by atoms with Gasteiger partial charge in [-0.05, 0) is 31.9 Å². The maximum absolute atomic E-state index is 12.2. The average molecular weight is 299 g/mol. The van der Waals surface area contributed by atoms with E-state index in [0.717, 1.165) is 25.5 Å². The van der Waals surface area contributed by atoms with Crippen LogP contribution in [0.1, 0.15) is 36.5 Å². The van der Waals surface area contributed by atoms with Gasteiger partial charge in [0.1, 0.15) is 5.82 Å². The Bertz CT molecular complexity index is 585. The highest BCUT2D eigenvalue weighted by molar-refractivity contribution is 7.90. The van der Waals surface area contributed by atoms with Crippen molar-refractivity contribution < 1.29 is 18.3 Å². The first kappa shape index (κ1) is 14.7. The number of carboxylic acid groups (broad SMARTS) is 1. The van der Waals surface area contributed by atoms with Gasteiger partial charge in [0, 0.05) is 18.8 Å². The Balaban J connectivity index is 2.13. The van der Waals surface area contributed by atoms with Crippen LogP contribution in [0.3, 0.4) is 0 Å². The summed E-state index contributed by atoms with van der Waals surface area (Å²) in [6, 6.07) is 2.61. The summed E-state index contributed by atoms with van der Waals surface area (Å²) >= 11 is 0. The Labute approximate surface area is 117 Å². The Morgan fingerprint density at radius 3 is 2.75 bits per heavy atom. The van der Waals surface area contributed by atoms with Gasteiger partial charge in [0.05, 0.1) is 5.56 Å². The van der Waals surface area contributed by atoms with Crippen molar-refractivity contribution in [3.05, 3.63) is 23.9 Å². The predicted molar refractivity (Wildman–Crippen MR) is 73.8 cm³/mol. The fourth-order valence-corrected chi connectivity index (χ4v) is 3.65. The van der Waals surface area contributed by atoms with Gasteiger partial charge in [-0.15, -0.1) is 0 Å². The molecule has 0 aromatic carbocycles. The summed E-state index contributed by atoms with van der Waals surface area (Å²) in [6.07, 6.45) is 3.83. The Morgan fingerprint density at radius 2 is 2.20 bits per heavy atom. The van der Waals surface area contributed by atoms with Crippen LogP contribution in [0.2, 0.25) is 0 Å². The molecule has 2 N–H and O–H groups in total. The first-order chi connectivity index (χ1) is 9.40. The number of nitrogens with one attached hydrogen (secondary N) is 1. The molecule has 1 atom stereocenters. The molecular weight excluding hydrogens is 282 g/mol. The molecule has 1 aromatic rings. The number of aromatic nitrogens is 1. The van der Waals surface area contributed by atoms with E-state index in [2.05, 4.69) is 9.71 Å². The van der Waals surface area contributed by atoms with Crippen molar-refractivity contribution in [2.45, 2.75) is 32.2 Å². The first-order valence-electron chi connectivity index (χ1n) is 6.39. The van der Waals surface area contributed by atoms with E-state index in [1.54, 1.807) is 0 Å². The summed E-state index contributed by atoms with van der Waals surface area (Å²) in [4.78, 5) is 14.5. The fraction of sp³-hybridized carbons (Fsp3) is 0.500. The van der Waals surface area contributed by atoms with E-state index in [1.807, 2.05) is 6.92 Å². The number of anilines is 1. The minimum absolute atomic E-state index is 0.0132. The fourth-order valence-electron chi connectivity index (χ4n) is 2.20. The first-order valence-corrected chi connectivity index (χ1v) is 7.83. The van der Waals surface area contributed by atoms with E-state index < -0.39 is 16.2 Å². The Morgan fingerprint density at radius 1 is 1.45 bits per heavy atom. The maximum atomic E-state index is 12.2. The second-order valence-corrected chi connectivity index (χ2v) is 6.42. The topological polar surface area (TPSA) is 99.6 Å². The SMILES string of the molecule is CC1CCCCN1S(=O)(=O)Nc1ccc(C(=O)O)cn1. The summed E-state index contributed by atoms with van der Waals surface area (Å²) in [5.41, 5.74) is 0.0132. The highest BCUT2D eigenvalue weighted by atomic mass is 32.2. The summed E-state index contributed by atoms with van der Waals surface area (Å²) in [7, 11) is -3.65. The highest BCUT2D eigenvalue weighted by Crippen LogP contribution is 2.21. The number of aromatic carboxylic acids is 1. The third-order valence-corrected chi connectivity index (χ3v) is 4.92. The Hall–Kier alpha value is -1.67. The van der Waals surface area contributed by atoms with E-state index in [-0.39, 0.29) is 17.4 Å². The number of nitrogens with zero attached hydrogens (tertiary/aromatic N) is 2. The van der Waals surface area contributed by atoms with Gasteiger partial charge in [0.25, 0.3) is 0 Å².